The van der Waals surface area contributed by atoms with Crippen LogP contribution in [0.5, 0.6) is 0 Å². The van der Waals surface area contributed by atoms with Crippen molar-refractivity contribution in [2.75, 3.05) is 0 Å². The van der Waals surface area contributed by atoms with Crippen LogP contribution in [0.3, 0.4) is 0 Å². The summed E-state index contributed by atoms with van der Waals surface area (Å²) in [6.07, 6.45) is 9.60. The molecule has 0 atom stereocenters. The van der Waals surface area contributed by atoms with Crippen molar-refractivity contribution < 1.29 is 13.6 Å². The summed E-state index contributed by atoms with van der Waals surface area (Å²) < 4.78 is 10.4. The maximum Gasteiger partial charge on any atom is 0.155 e. The maximum atomic E-state index is 11.6. The van der Waals surface area contributed by atoms with Gasteiger partial charge in [-0.2, -0.15) is 0 Å². The summed E-state index contributed by atoms with van der Waals surface area (Å²) in [5, 5.41) is 0. The Kier molecular flexibility index (Phi) is 4.59. The molecule has 0 aliphatic heterocycles. The third-order valence-electron chi connectivity index (χ3n) is 2.63. The van der Waals surface area contributed by atoms with Gasteiger partial charge < -0.3 is 8.83 Å². The summed E-state index contributed by atoms with van der Waals surface area (Å²) in [6, 6.07) is 7.53. The molecule has 0 saturated carbocycles. The Hall–Kier alpha value is -2.03. The molecule has 0 N–H and O–H groups in total. The summed E-state index contributed by atoms with van der Waals surface area (Å²) in [7, 11) is 0. The molecule has 3 heteroatoms. The summed E-state index contributed by atoms with van der Waals surface area (Å²) >= 11 is 0. The van der Waals surface area contributed by atoms with Crippen LogP contribution in [0.1, 0.15) is 24.4 Å². The van der Waals surface area contributed by atoms with Crippen LogP contribution in [0, 0.1) is 0 Å². The summed E-state index contributed by atoms with van der Waals surface area (Å²) in [6.45, 7) is 0. The van der Waals surface area contributed by atoms with Crippen molar-refractivity contribution in [1.82, 2.24) is 0 Å². The number of aryl methyl sites for hydroxylation is 1. The zero-order valence-corrected chi connectivity index (χ0v) is 10.2. The molecule has 0 unspecified atom stereocenters. The molecule has 0 fully saturated rings. The number of allylic oxidation sites excluding steroid dienone is 2. The Morgan fingerprint density at radius 3 is 2.50 bits per heavy atom. The van der Waals surface area contributed by atoms with Gasteiger partial charge in [-0.15, -0.1) is 0 Å². The lowest BCUT2D eigenvalue weighted by Crippen LogP contribution is -1.94. The van der Waals surface area contributed by atoms with E-state index < -0.39 is 0 Å². The largest absolute Gasteiger partial charge is 0.469 e. The highest BCUT2D eigenvalue weighted by molar-refractivity contribution is 5.89. The van der Waals surface area contributed by atoms with Gasteiger partial charge in [-0.25, -0.2) is 0 Å². The molecule has 0 aliphatic carbocycles. The van der Waals surface area contributed by atoms with Crippen LogP contribution in [0.2, 0.25) is 0 Å². The van der Waals surface area contributed by atoms with E-state index in [9.17, 15) is 4.79 Å². The van der Waals surface area contributed by atoms with Crippen LogP contribution in [-0.4, -0.2) is 5.78 Å². The fraction of sp³-hybridized carbons (Fsp3) is 0.267. The number of furan rings is 2. The number of rotatable bonds is 7. The minimum absolute atomic E-state index is 0.146. The zero-order valence-electron chi connectivity index (χ0n) is 10.2. The maximum absolute atomic E-state index is 11.6. The smallest absolute Gasteiger partial charge is 0.155 e. The first kappa shape index (κ1) is 12.4. The molecular weight excluding hydrogens is 228 g/mol. The normalized spacial score (nSPS) is 11.1. The second-order valence-corrected chi connectivity index (χ2v) is 4.09. The van der Waals surface area contributed by atoms with Crippen molar-refractivity contribution in [3.8, 4) is 0 Å². The zero-order chi connectivity index (χ0) is 12.6. The standard InChI is InChI=1S/C15H16O3/c16-13(5-1-7-14-9-3-11-17-14)6-2-8-15-10-4-12-18-15/h1,3-5,9-12H,2,6-8H2. The van der Waals surface area contributed by atoms with E-state index in [-0.39, 0.29) is 5.78 Å². The van der Waals surface area contributed by atoms with Gasteiger partial charge in [0, 0.05) is 19.3 Å². The third kappa shape index (κ3) is 4.09. The topological polar surface area (TPSA) is 43.4 Å². The first-order valence-corrected chi connectivity index (χ1v) is 6.09. The van der Waals surface area contributed by atoms with Crippen LogP contribution in [0.25, 0.3) is 0 Å². The van der Waals surface area contributed by atoms with Gasteiger partial charge in [0.15, 0.2) is 5.78 Å². The molecule has 0 aliphatic rings. The van der Waals surface area contributed by atoms with Crippen LogP contribution in [0.4, 0.5) is 0 Å². The summed E-state index contributed by atoms with van der Waals surface area (Å²) in [5.41, 5.74) is 0. The Labute approximate surface area is 106 Å². The highest BCUT2D eigenvalue weighted by Crippen LogP contribution is 2.06. The van der Waals surface area contributed by atoms with Crippen molar-refractivity contribution in [3.05, 3.63) is 60.5 Å². The third-order valence-corrected chi connectivity index (χ3v) is 2.63. The van der Waals surface area contributed by atoms with Gasteiger partial charge in [0.25, 0.3) is 0 Å². The quantitative estimate of drug-likeness (QED) is 0.699. The summed E-state index contributed by atoms with van der Waals surface area (Å²) in [5.74, 6) is 1.95. The van der Waals surface area contributed by atoms with E-state index in [0.29, 0.717) is 12.8 Å². The Balaban J connectivity index is 1.64. The number of ketones is 1. The highest BCUT2D eigenvalue weighted by Gasteiger charge is 2.00. The van der Waals surface area contributed by atoms with Crippen LogP contribution in [-0.2, 0) is 17.6 Å². The lowest BCUT2D eigenvalue weighted by molar-refractivity contribution is -0.114. The molecule has 3 nitrogen and oxygen atoms in total. The molecule has 0 bridgehead atoms. The molecule has 0 aromatic carbocycles. The van der Waals surface area contributed by atoms with Crippen molar-refractivity contribution in [2.45, 2.75) is 25.7 Å². The van der Waals surface area contributed by atoms with E-state index in [0.717, 1.165) is 24.4 Å². The average Bonchev–Trinajstić information content (AvgIpc) is 3.01. The van der Waals surface area contributed by atoms with E-state index in [1.54, 1.807) is 18.6 Å². The fourth-order valence-electron chi connectivity index (χ4n) is 1.71. The lowest BCUT2D eigenvalue weighted by atomic mass is 10.1. The Bertz CT molecular complexity index is 478. The first-order chi connectivity index (χ1) is 8.84. The highest BCUT2D eigenvalue weighted by atomic mass is 16.3. The van der Waals surface area contributed by atoms with E-state index in [2.05, 4.69) is 0 Å². The van der Waals surface area contributed by atoms with Crippen molar-refractivity contribution >= 4 is 5.78 Å². The number of hydrogen-bond donors (Lipinski definition) is 0. The Morgan fingerprint density at radius 2 is 1.83 bits per heavy atom. The second-order valence-electron chi connectivity index (χ2n) is 4.09. The predicted molar refractivity (Wildman–Crippen MR) is 68.2 cm³/mol. The summed E-state index contributed by atoms with van der Waals surface area (Å²) in [4.78, 5) is 11.6. The minimum atomic E-state index is 0.146. The van der Waals surface area contributed by atoms with E-state index >= 15 is 0 Å². The minimum Gasteiger partial charge on any atom is -0.469 e. The Morgan fingerprint density at radius 1 is 1.11 bits per heavy atom. The molecule has 2 aromatic heterocycles. The van der Waals surface area contributed by atoms with Crippen LogP contribution >= 0.6 is 0 Å². The van der Waals surface area contributed by atoms with Gasteiger partial charge in [0.2, 0.25) is 0 Å². The SMILES string of the molecule is O=C(C=CCc1ccco1)CCCc1ccco1. The van der Waals surface area contributed by atoms with Crippen molar-refractivity contribution in [2.24, 2.45) is 0 Å². The van der Waals surface area contributed by atoms with E-state index in [1.165, 1.54) is 0 Å². The van der Waals surface area contributed by atoms with Gasteiger partial charge in [-0.05, 0) is 36.8 Å². The molecule has 2 aromatic rings. The molecule has 0 radical (unpaired) electrons. The molecular formula is C15H16O3. The van der Waals surface area contributed by atoms with Gasteiger partial charge in [0.05, 0.1) is 12.5 Å². The average molecular weight is 244 g/mol. The molecule has 18 heavy (non-hydrogen) atoms. The molecule has 0 saturated heterocycles. The van der Waals surface area contributed by atoms with Crippen LogP contribution in [0.15, 0.2) is 57.8 Å². The monoisotopic (exact) mass is 244 g/mol. The second kappa shape index (κ2) is 6.64. The van der Waals surface area contributed by atoms with Crippen molar-refractivity contribution in [1.29, 1.82) is 0 Å². The number of hydrogen-bond acceptors (Lipinski definition) is 3. The van der Waals surface area contributed by atoms with Gasteiger partial charge in [0.1, 0.15) is 11.5 Å². The molecule has 0 amide bonds. The lowest BCUT2D eigenvalue weighted by Gasteiger charge is -1.95. The first-order valence-electron chi connectivity index (χ1n) is 6.09. The van der Waals surface area contributed by atoms with E-state index in [1.807, 2.05) is 30.3 Å². The number of carbonyl (C=O) groups excluding carboxylic acids is 1. The van der Waals surface area contributed by atoms with Crippen molar-refractivity contribution in [3.63, 3.8) is 0 Å². The van der Waals surface area contributed by atoms with Gasteiger partial charge >= 0.3 is 0 Å². The van der Waals surface area contributed by atoms with Crippen LogP contribution < -0.4 is 0 Å². The fourth-order valence-corrected chi connectivity index (χ4v) is 1.71. The number of carbonyl (C=O) groups is 1. The molecule has 2 heterocycles. The van der Waals surface area contributed by atoms with Gasteiger partial charge in [-0.1, -0.05) is 6.08 Å². The van der Waals surface area contributed by atoms with E-state index in [4.69, 9.17) is 8.83 Å². The molecule has 94 valence electrons. The van der Waals surface area contributed by atoms with Gasteiger partial charge in [-0.3, -0.25) is 4.79 Å². The molecule has 0 spiro atoms. The molecule has 2 rings (SSSR count). The predicted octanol–water partition coefficient (Wildman–Crippen LogP) is 3.56.